The topological polar surface area (TPSA) is 171 Å². The normalized spacial score (nSPS) is 10.8. The summed E-state index contributed by atoms with van der Waals surface area (Å²) in [4.78, 5) is 33.0. The number of carbonyl (C=O) groups excluding carboxylic acids is 1. The molecule has 27 heavy (non-hydrogen) atoms. The number of rotatable bonds is 8. The van der Waals surface area contributed by atoms with Gasteiger partial charge in [-0.05, 0) is 24.3 Å². The van der Waals surface area contributed by atoms with Crippen molar-refractivity contribution in [2.45, 2.75) is 4.90 Å². The molecule has 0 aliphatic rings. The van der Waals surface area contributed by atoms with Gasteiger partial charge >= 0.3 is 0 Å². The van der Waals surface area contributed by atoms with E-state index in [9.17, 15) is 33.4 Å². The second-order valence-corrected chi connectivity index (χ2v) is 6.63. The first-order chi connectivity index (χ1) is 12.7. The fraction of sp³-hybridized carbons (Fsp3) is 0.0714. The van der Waals surface area contributed by atoms with E-state index in [0.717, 1.165) is 24.3 Å². The molecular formula is C14H12N4O8S. The first-order valence-electron chi connectivity index (χ1n) is 7.11. The lowest BCUT2D eigenvalue weighted by Gasteiger charge is -2.09. The standard InChI is InChI=1S/C14H12N4O8S/c19-14(9-26-12-5-1-10(2-6-12)17(20)21)15-16-27(24,25)13-7-3-11(4-8-13)18(22)23/h1-8,16H,9H2,(H,15,19). The molecule has 0 bridgehead atoms. The first-order valence-corrected chi connectivity index (χ1v) is 8.60. The first kappa shape index (κ1) is 19.7. The number of amides is 1. The largest absolute Gasteiger partial charge is 0.484 e. The zero-order valence-electron chi connectivity index (χ0n) is 13.4. The van der Waals surface area contributed by atoms with E-state index in [4.69, 9.17) is 4.74 Å². The molecule has 142 valence electrons. The molecule has 13 heteroatoms. The third-order valence-corrected chi connectivity index (χ3v) is 4.36. The van der Waals surface area contributed by atoms with Gasteiger partial charge in [0.2, 0.25) is 0 Å². The van der Waals surface area contributed by atoms with Crippen LogP contribution in [0.1, 0.15) is 0 Å². The van der Waals surface area contributed by atoms with Gasteiger partial charge < -0.3 is 4.74 Å². The molecule has 0 unspecified atom stereocenters. The van der Waals surface area contributed by atoms with Crippen LogP contribution < -0.4 is 15.0 Å². The third kappa shape index (κ3) is 5.45. The molecule has 2 rings (SSSR count). The highest BCUT2D eigenvalue weighted by molar-refractivity contribution is 7.89. The Morgan fingerprint density at radius 3 is 1.89 bits per heavy atom. The van der Waals surface area contributed by atoms with E-state index in [-0.39, 0.29) is 22.0 Å². The summed E-state index contributed by atoms with van der Waals surface area (Å²) >= 11 is 0. The highest BCUT2D eigenvalue weighted by atomic mass is 32.2. The van der Waals surface area contributed by atoms with Crippen molar-refractivity contribution in [2.75, 3.05) is 6.61 Å². The minimum atomic E-state index is -4.13. The van der Waals surface area contributed by atoms with E-state index in [0.29, 0.717) is 0 Å². The Balaban J connectivity index is 1.88. The molecule has 2 N–H and O–H groups in total. The molecule has 0 radical (unpaired) electrons. The summed E-state index contributed by atoms with van der Waals surface area (Å²) in [5.41, 5.74) is 1.48. The van der Waals surface area contributed by atoms with Crippen LogP contribution in [-0.4, -0.2) is 30.8 Å². The number of nitrogens with zero attached hydrogens (tertiary/aromatic N) is 2. The Morgan fingerprint density at radius 2 is 1.41 bits per heavy atom. The molecule has 0 spiro atoms. The molecule has 0 aromatic heterocycles. The average molecular weight is 396 g/mol. The molecular weight excluding hydrogens is 384 g/mol. The van der Waals surface area contributed by atoms with Gasteiger partial charge in [-0.1, -0.05) is 0 Å². The maximum atomic E-state index is 12.0. The number of carbonyl (C=O) groups is 1. The summed E-state index contributed by atoms with van der Waals surface area (Å²) in [6, 6.07) is 8.98. The Bertz CT molecular complexity index is 958. The smallest absolute Gasteiger partial charge is 0.272 e. The van der Waals surface area contributed by atoms with Gasteiger partial charge in [0.05, 0.1) is 14.7 Å². The van der Waals surface area contributed by atoms with Crippen LogP contribution in [-0.2, 0) is 14.8 Å². The van der Waals surface area contributed by atoms with Crippen LogP contribution in [0.2, 0.25) is 0 Å². The predicted molar refractivity (Wildman–Crippen MR) is 90.2 cm³/mol. The predicted octanol–water partition coefficient (Wildman–Crippen LogP) is 0.892. The molecule has 0 aliphatic heterocycles. The zero-order chi connectivity index (χ0) is 20.0. The van der Waals surface area contributed by atoms with Crippen molar-refractivity contribution in [3.05, 3.63) is 68.8 Å². The molecule has 0 saturated heterocycles. The number of nitro benzene ring substituents is 2. The van der Waals surface area contributed by atoms with Crippen molar-refractivity contribution in [3.8, 4) is 5.75 Å². The van der Waals surface area contributed by atoms with Crippen LogP contribution in [0, 0.1) is 20.2 Å². The highest BCUT2D eigenvalue weighted by Crippen LogP contribution is 2.17. The molecule has 0 saturated carbocycles. The van der Waals surface area contributed by atoms with E-state index in [2.05, 4.69) is 0 Å². The molecule has 0 aliphatic carbocycles. The van der Waals surface area contributed by atoms with Gasteiger partial charge in [0.15, 0.2) is 6.61 Å². The van der Waals surface area contributed by atoms with Gasteiger partial charge in [-0.25, -0.2) is 8.42 Å². The summed E-state index contributed by atoms with van der Waals surface area (Å²) in [5, 5.41) is 21.1. The molecule has 12 nitrogen and oxygen atoms in total. The highest BCUT2D eigenvalue weighted by Gasteiger charge is 2.17. The number of non-ortho nitro benzene ring substituents is 2. The maximum absolute atomic E-state index is 12.0. The van der Waals surface area contributed by atoms with Crippen molar-refractivity contribution < 1.29 is 27.8 Å². The van der Waals surface area contributed by atoms with Gasteiger partial charge in [0, 0.05) is 24.3 Å². The second kappa shape index (κ2) is 8.20. The lowest BCUT2D eigenvalue weighted by atomic mass is 10.3. The second-order valence-electron chi connectivity index (χ2n) is 4.94. The molecule has 1 amide bonds. The van der Waals surface area contributed by atoms with Gasteiger partial charge in [0.1, 0.15) is 5.75 Å². The van der Waals surface area contributed by atoms with Gasteiger partial charge in [0.25, 0.3) is 27.3 Å². The van der Waals surface area contributed by atoms with Crippen LogP contribution in [0.15, 0.2) is 53.4 Å². The maximum Gasteiger partial charge on any atom is 0.272 e. The molecule has 0 fully saturated rings. The van der Waals surface area contributed by atoms with Crippen molar-refractivity contribution in [2.24, 2.45) is 0 Å². The SMILES string of the molecule is O=C(COc1ccc([N+](=O)[O-])cc1)NNS(=O)(=O)c1ccc([N+](=O)[O-])cc1. The summed E-state index contributed by atoms with van der Waals surface area (Å²) in [5.74, 6) is -0.659. The molecule has 0 atom stereocenters. The van der Waals surface area contributed by atoms with E-state index in [1.165, 1.54) is 24.3 Å². The monoisotopic (exact) mass is 396 g/mol. The van der Waals surface area contributed by atoms with Crippen LogP contribution >= 0.6 is 0 Å². The van der Waals surface area contributed by atoms with Crippen molar-refractivity contribution in [3.63, 3.8) is 0 Å². The van der Waals surface area contributed by atoms with Gasteiger partial charge in [-0.15, -0.1) is 4.83 Å². The van der Waals surface area contributed by atoms with Crippen LogP contribution in [0.5, 0.6) is 5.75 Å². The zero-order valence-corrected chi connectivity index (χ0v) is 14.2. The average Bonchev–Trinajstić information content (AvgIpc) is 2.65. The summed E-state index contributed by atoms with van der Waals surface area (Å²) in [7, 11) is -4.13. The summed E-state index contributed by atoms with van der Waals surface area (Å²) < 4.78 is 29.1. The fourth-order valence-corrected chi connectivity index (χ4v) is 2.64. The van der Waals surface area contributed by atoms with E-state index in [1.54, 1.807) is 0 Å². The molecule has 2 aromatic carbocycles. The number of hydrogen-bond donors (Lipinski definition) is 2. The Labute approximate surface area is 152 Å². The van der Waals surface area contributed by atoms with Gasteiger partial charge in [-0.2, -0.15) is 0 Å². The number of nitro groups is 2. The summed E-state index contributed by atoms with van der Waals surface area (Å²) in [6.07, 6.45) is 0. The van der Waals surface area contributed by atoms with E-state index in [1.807, 2.05) is 10.3 Å². The Hall–Kier alpha value is -3.58. The number of hydrazine groups is 1. The Kier molecular flexibility index (Phi) is 5.99. The number of hydrogen-bond acceptors (Lipinski definition) is 8. The van der Waals surface area contributed by atoms with Gasteiger partial charge in [-0.3, -0.25) is 30.4 Å². The van der Waals surface area contributed by atoms with E-state index >= 15 is 0 Å². The number of benzene rings is 2. The van der Waals surface area contributed by atoms with Crippen LogP contribution in [0.25, 0.3) is 0 Å². The third-order valence-electron chi connectivity index (χ3n) is 3.10. The number of sulfonamides is 1. The quantitative estimate of drug-likeness (QED) is 0.489. The van der Waals surface area contributed by atoms with E-state index < -0.39 is 32.4 Å². The lowest BCUT2D eigenvalue weighted by Crippen LogP contribution is -2.43. The minimum Gasteiger partial charge on any atom is -0.484 e. The lowest BCUT2D eigenvalue weighted by molar-refractivity contribution is -0.385. The molecule has 0 heterocycles. The Morgan fingerprint density at radius 1 is 0.926 bits per heavy atom. The fourth-order valence-electron chi connectivity index (χ4n) is 1.78. The van der Waals surface area contributed by atoms with Crippen LogP contribution in [0.4, 0.5) is 11.4 Å². The summed E-state index contributed by atoms with van der Waals surface area (Å²) in [6.45, 7) is -0.555. The van der Waals surface area contributed by atoms with Crippen LogP contribution in [0.3, 0.4) is 0 Å². The minimum absolute atomic E-state index is 0.150. The number of nitrogens with one attached hydrogen (secondary N) is 2. The molecule has 2 aromatic rings. The van der Waals surface area contributed by atoms with Crippen molar-refractivity contribution in [1.82, 2.24) is 10.3 Å². The van der Waals surface area contributed by atoms with Crippen molar-refractivity contribution in [1.29, 1.82) is 0 Å². The number of ether oxygens (including phenoxy) is 1. The van der Waals surface area contributed by atoms with Crippen molar-refractivity contribution >= 4 is 27.3 Å².